The number of aliphatic hydroxyl groups is 1. The van der Waals surface area contributed by atoms with E-state index in [9.17, 15) is 20.0 Å². The van der Waals surface area contributed by atoms with E-state index in [1.807, 2.05) is 0 Å². The smallest absolute Gasteiger partial charge is 0.240 e. The Morgan fingerprint density at radius 3 is 2.74 bits per heavy atom. The molecule has 3 aliphatic rings. The minimum atomic E-state index is -1.07. The first-order valence-corrected chi connectivity index (χ1v) is 8.86. The number of pyridine rings is 1. The van der Waals surface area contributed by atoms with Crippen LogP contribution in [0.25, 0.3) is 10.9 Å². The number of carbonyl (C=O) groups excluding carboxylic acids is 2. The van der Waals surface area contributed by atoms with Crippen LogP contribution < -0.4 is 4.90 Å². The van der Waals surface area contributed by atoms with Crippen molar-refractivity contribution in [2.45, 2.75) is 37.6 Å². The van der Waals surface area contributed by atoms with Crippen molar-refractivity contribution in [3.05, 3.63) is 36.0 Å². The van der Waals surface area contributed by atoms with E-state index in [1.54, 1.807) is 44.3 Å². The van der Waals surface area contributed by atoms with Crippen LogP contribution in [0.3, 0.4) is 0 Å². The van der Waals surface area contributed by atoms with Crippen molar-refractivity contribution in [2.75, 3.05) is 4.90 Å². The van der Waals surface area contributed by atoms with Gasteiger partial charge in [0, 0.05) is 18.0 Å². The maximum absolute atomic E-state index is 13.3. The summed E-state index contributed by atoms with van der Waals surface area (Å²) in [6, 6.07) is 8.73. The molecule has 4 heterocycles. The van der Waals surface area contributed by atoms with Gasteiger partial charge in [-0.3, -0.25) is 14.6 Å². The highest BCUT2D eigenvalue weighted by Gasteiger charge is 2.75. The second-order valence-electron chi connectivity index (χ2n) is 7.93. The number of aliphatic hydroxyl groups excluding tert-OH is 1. The Kier molecular flexibility index (Phi) is 2.98. The number of aromatic nitrogens is 1. The molecule has 1 aromatic carbocycles. The molecule has 5 rings (SSSR count). The van der Waals surface area contributed by atoms with Gasteiger partial charge in [0.05, 0.1) is 40.3 Å². The van der Waals surface area contributed by atoms with Crippen LogP contribution in [0.4, 0.5) is 5.69 Å². The Morgan fingerprint density at radius 2 is 2.00 bits per heavy atom. The van der Waals surface area contributed by atoms with Gasteiger partial charge in [-0.05, 0) is 38.1 Å². The van der Waals surface area contributed by atoms with Gasteiger partial charge in [0.25, 0.3) is 0 Å². The monoisotopic (exact) mass is 363 g/mol. The third-order valence-corrected chi connectivity index (χ3v) is 6.40. The fourth-order valence-corrected chi connectivity index (χ4v) is 5.20. The van der Waals surface area contributed by atoms with Gasteiger partial charge < -0.3 is 9.84 Å². The van der Waals surface area contributed by atoms with E-state index in [-0.39, 0.29) is 11.8 Å². The van der Waals surface area contributed by atoms with Crippen LogP contribution in [0.15, 0.2) is 30.5 Å². The topological polar surface area (TPSA) is 104 Å². The number of carbonyl (C=O) groups is 2. The number of amides is 2. The van der Waals surface area contributed by atoms with Crippen molar-refractivity contribution in [3.8, 4) is 6.07 Å². The lowest BCUT2D eigenvalue weighted by molar-refractivity contribution is -0.132. The summed E-state index contributed by atoms with van der Waals surface area (Å²) in [5.41, 5.74) is -0.677. The molecular weight excluding hydrogens is 346 g/mol. The van der Waals surface area contributed by atoms with Gasteiger partial charge in [-0.2, -0.15) is 5.26 Å². The molecule has 1 aromatic heterocycles. The van der Waals surface area contributed by atoms with Gasteiger partial charge >= 0.3 is 0 Å². The lowest BCUT2D eigenvalue weighted by atomic mass is 9.67. The second kappa shape index (κ2) is 4.91. The van der Waals surface area contributed by atoms with E-state index < -0.39 is 29.1 Å². The molecule has 2 amide bonds. The molecule has 3 saturated heterocycles. The number of hydrogen-bond donors (Lipinski definition) is 1. The number of fused-ring (bicyclic) bond motifs is 6. The summed E-state index contributed by atoms with van der Waals surface area (Å²) in [5, 5.41) is 20.3. The largest absolute Gasteiger partial charge is 0.390 e. The van der Waals surface area contributed by atoms with E-state index in [0.717, 1.165) is 0 Å². The Balaban J connectivity index is 1.69. The average molecular weight is 363 g/mol. The number of nitriles is 1. The first-order chi connectivity index (χ1) is 12.8. The average Bonchev–Trinajstić information content (AvgIpc) is 3.15. The van der Waals surface area contributed by atoms with Gasteiger partial charge in [0.2, 0.25) is 11.8 Å². The van der Waals surface area contributed by atoms with Crippen molar-refractivity contribution < 1.29 is 19.4 Å². The molecule has 7 nitrogen and oxygen atoms in total. The first-order valence-electron chi connectivity index (χ1n) is 8.86. The fraction of sp³-hybridized carbons (Fsp3) is 0.400. The number of rotatable bonds is 1. The molecule has 0 spiro atoms. The van der Waals surface area contributed by atoms with Gasteiger partial charge in [0.1, 0.15) is 11.7 Å². The third kappa shape index (κ3) is 1.79. The number of nitrogens with zero attached hydrogens (tertiary/aromatic N) is 3. The fourth-order valence-electron chi connectivity index (χ4n) is 5.20. The lowest BCUT2D eigenvalue weighted by Gasteiger charge is -2.31. The molecule has 27 heavy (non-hydrogen) atoms. The first kappa shape index (κ1) is 16.4. The second-order valence-corrected chi connectivity index (χ2v) is 7.93. The number of anilines is 1. The molecule has 1 N–H and O–H groups in total. The summed E-state index contributed by atoms with van der Waals surface area (Å²) in [6.07, 6.45) is 1.11. The number of hydrogen-bond acceptors (Lipinski definition) is 6. The number of imide groups is 1. The Labute approximate surface area is 155 Å². The van der Waals surface area contributed by atoms with Gasteiger partial charge in [-0.15, -0.1) is 0 Å². The zero-order valence-electron chi connectivity index (χ0n) is 14.8. The molecule has 7 heteroatoms. The summed E-state index contributed by atoms with van der Waals surface area (Å²) in [5.74, 6) is -2.04. The maximum Gasteiger partial charge on any atom is 0.240 e. The zero-order valence-corrected chi connectivity index (χ0v) is 14.8. The summed E-state index contributed by atoms with van der Waals surface area (Å²) in [4.78, 5) is 32.0. The van der Waals surface area contributed by atoms with Crippen LogP contribution in [0, 0.1) is 23.2 Å². The van der Waals surface area contributed by atoms with Crippen molar-refractivity contribution in [1.29, 1.82) is 5.26 Å². The predicted molar refractivity (Wildman–Crippen MR) is 94.4 cm³/mol. The summed E-state index contributed by atoms with van der Waals surface area (Å²) >= 11 is 0. The molecule has 5 atom stereocenters. The molecule has 0 unspecified atom stereocenters. The van der Waals surface area contributed by atoms with Crippen LogP contribution in [-0.4, -0.2) is 39.2 Å². The molecule has 136 valence electrons. The van der Waals surface area contributed by atoms with Gasteiger partial charge in [-0.1, -0.05) is 0 Å². The van der Waals surface area contributed by atoms with E-state index >= 15 is 0 Å². The van der Waals surface area contributed by atoms with Gasteiger partial charge in [0.15, 0.2) is 0 Å². The molecule has 2 aromatic rings. The maximum atomic E-state index is 13.3. The van der Waals surface area contributed by atoms with Crippen LogP contribution in [0.5, 0.6) is 0 Å². The highest BCUT2D eigenvalue weighted by atomic mass is 16.6. The van der Waals surface area contributed by atoms with Crippen molar-refractivity contribution in [2.24, 2.45) is 11.8 Å². The normalized spacial score (nSPS) is 37.1. The quantitative estimate of drug-likeness (QED) is 0.771. The molecule has 2 bridgehead atoms. The minimum absolute atomic E-state index is 0.321. The van der Waals surface area contributed by atoms with Crippen LogP contribution in [0.2, 0.25) is 0 Å². The molecule has 0 saturated carbocycles. The standard InChI is InChI=1S/C20H17N3O4/c1-19-8-13(24)20(2,27-19)15-14(19)17(25)23(18(15)26)12-6-5-10(9-21)16-11(12)4-3-7-22-16/h3-7,13-15,24H,8H2,1-2H3/t13-,14+,15-,19+,20+/m0/s1. The Morgan fingerprint density at radius 1 is 1.26 bits per heavy atom. The number of ether oxygens (including phenoxy) is 1. The summed E-state index contributed by atoms with van der Waals surface area (Å²) in [7, 11) is 0. The van der Waals surface area contributed by atoms with Crippen molar-refractivity contribution in [3.63, 3.8) is 0 Å². The van der Waals surface area contributed by atoms with E-state index in [0.29, 0.717) is 28.6 Å². The molecule has 0 radical (unpaired) electrons. The highest BCUT2D eigenvalue weighted by Crippen LogP contribution is 2.61. The van der Waals surface area contributed by atoms with Crippen LogP contribution in [0.1, 0.15) is 25.8 Å². The van der Waals surface area contributed by atoms with Crippen molar-refractivity contribution in [1.82, 2.24) is 4.98 Å². The highest BCUT2D eigenvalue weighted by molar-refractivity contribution is 6.26. The lowest BCUT2D eigenvalue weighted by Crippen LogP contribution is -2.49. The minimum Gasteiger partial charge on any atom is -0.390 e. The predicted octanol–water partition coefficient (Wildman–Crippen LogP) is 1.52. The molecule has 0 aliphatic carbocycles. The van der Waals surface area contributed by atoms with Crippen molar-refractivity contribution >= 4 is 28.4 Å². The van der Waals surface area contributed by atoms with E-state index in [4.69, 9.17) is 4.74 Å². The molecule has 3 fully saturated rings. The Hall–Kier alpha value is -2.82. The molecular formula is C20H17N3O4. The summed E-state index contributed by atoms with van der Waals surface area (Å²) < 4.78 is 6.00. The van der Waals surface area contributed by atoms with Gasteiger partial charge in [-0.25, -0.2) is 4.90 Å². The van der Waals surface area contributed by atoms with E-state index in [2.05, 4.69) is 11.1 Å². The van der Waals surface area contributed by atoms with E-state index in [1.165, 1.54) is 4.90 Å². The van der Waals surface area contributed by atoms with Crippen LogP contribution in [-0.2, 0) is 14.3 Å². The third-order valence-electron chi connectivity index (χ3n) is 6.40. The summed E-state index contributed by atoms with van der Waals surface area (Å²) in [6.45, 7) is 3.50. The van der Waals surface area contributed by atoms with Crippen LogP contribution >= 0.6 is 0 Å². The SMILES string of the molecule is C[C@@]12O[C@](C)(C[C@@H]1O)[C@H]1C(=O)N(c3ccc(C#N)c4ncccc34)C(=O)[C@H]12. The number of benzene rings is 1. The zero-order chi connectivity index (χ0) is 19.1. The Bertz CT molecular complexity index is 1080. The molecule has 3 aliphatic heterocycles.